The van der Waals surface area contributed by atoms with E-state index < -0.39 is 4.92 Å². The molecular formula is C11H17ClN4O3. The molecule has 106 valence electrons. The number of hydrogen-bond acceptors (Lipinski definition) is 6. The van der Waals surface area contributed by atoms with Crippen LogP contribution in [0.4, 0.5) is 11.5 Å². The smallest absolute Gasteiger partial charge is 0.332 e. The molecule has 0 amide bonds. The Bertz CT molecular complexity index is 467. The number of likely N-dealkylation sites (N-methyl/N-ethyl adjacent to an activating group) is 2. The fourth-order valence-corrected chi connectivity index (χ4v) is 1.75. The quantitative estimate of drug-likeness (QED) is 0.585. The van der Waals surface area contributed by atoms with Gasteiger partial charge in [-0.25, -0.2) is 0 Å². The summed E-state index contributed by atoms with van der Waals surface area (Å²) in [6.07, 6.45) is 0. The molecule has 19 heavy (non-hydrogen) atoms. The lowest BCUT2D eigenvalue weighted by Gasteiger charge is -2.21. The van der Waals surface area contributed by atoms with Gasteiger partial charge in [0.25, 0.3) is 5.88 Å². The lowest BCUT2D eigenvalue weighted by atomic mass is 10.3. The van der Waals surface area contributed by atoms with E-state index in [1.165, 1.54) is 13.2 Å². The minimum Gasteiger partial charge on any atom is -0.476 e. The van der Waals surface area contributed by atoms with Crippen molar-refractivity contribution in [2.75, 3.05) is 46.2 Å². The number of nitro groups is 1. The Labute approximate surface area is 116 Å². The maximum absolute atomic E-state index is 10.8. The Balaban J connectivity index is 3.05. The monoisotopic (exact) mass is 288 g/mol. The molecular weight excluding hydrogens is 272 g/mol. The zero-order chi connectivity index (χ0) is 14.6. The van der Waals surface area contributed by atoms with E-state index in [2.05, 4.69) is 4.98 Å². The van der Waals surface area contributed by atoms with Crippen molar-refractivity contribution >= 4 is 23.1 Å². The van der Waals surface area contributed by atoms with Crippen LogP contribution in [0.15, 0.2) is 6.07 Å². The summed E-state index contributed by atoms with van der Waals surface area (Å²) in [5.74, 6) is 0.423. The molecule has 0 N–H and O–H groups in total. The van der Waals surface area contributed by atoms with Crippen LogP contribution >= 0.6 is 11.6 Å². The van der Waals surface area contributed by atoms with Crippen LogP contribution in [0, 0.1) is 10.1 Å². The molecule has 0 unspecified atom stereocenters. The van der Waals surface area contributed by atoms with E-state index in [0.717, 1.165) is 6.54 Å². The highest BCUT2D eigenvalue weighted by molar-refractivity contribution is 6.33. The Morgan fingerprint density at radius 1 is 1.42 bits per heavy atom. The molecule has 0 aliphatic heterocycles. The summed E-state index contributed by atoms with van der Waals surface area (Å²) in [6.45, 7) is 1.51. The van der Waals surface area contributed by atoms with Gasteiger partial charge in [0.15, 0.2) is 5.82 Å². The van der Waals surface area contributed by atoms with Crippen molar-refractivity contribution in [3.8, 4) is 5.88 Å². The van der Waals surface area contributed by atoms with Crippen LogP contribution in [0.5, 0.6) is 5.88 Å². The first kappa shape index (κ1) is 15.5. The standard InChI is InChI=1S/C11H17ClN4O3/c1-14(2)5-6-15(3)10-8(12)7-9(16(17)18)11(13-10)19-4/h7H,5-6H2,1-4H3. The van der Waals surface area contributed by atoms with Gasteiger partial charge in [-0.05, 0) is 14.1 Å². The summed E-state index contributed by atoms with van der Waals surface area (Å²) in [5, 5.41) is 11.1. The van der Waals surface area contributed by atoms with E-state index >= 15 is 0 Å². The van der Waals surface area contributed by atoms with Gasteiger partial charge in [0, 0.05) is 26.2 Å². The topological polar surface area (TPSA) is 71.7 Å². The number of methoxy groups -OCH3 is 1. The minimum atomic E-state index is -0.568. The highest BCUT2D eigenvalue weighted by atomic mass is 35.5. The number of anilines is 1. The fraction of sp³-hybridized carbons (Fsp3) is 0.545. The first-order valence-corrected chi connectivity index (χ1v) is 5.99. The van der Waals surface area contributed by atoms with Gasteiger partial charge in [-0.3, -0.25) is 10.1 Å². The van der Waals surface area contributed by atoms with Crippen molar-refractivity contribution in [2.45, 2.75) is 0 Å². The Kier molecular flexibility index (Phi) is 5.31. The molecule has 0 aliphatic rings. The number of hydrogen-bond donors (Lipinski definition) is 0. The first-order chi connectivity index (χ1) is 8.86. The van der Waals surface area contributed by atoms with Crippen LogP contribution in [0.25, 0.3) is 0 Å². The van der Waals surface area contributed by atoms with Crippen LogP contribution in [-0.2, 0) is 0 Å². The van der Waals surface area contributed by atoms with Gasteiger partial charge in [0.2, 0.25) is 0 Å². The molecule has 0 spiro atoms. The van der Waals surface area contributed by atoms with E-state index in [-0.39, 0.29) is 16.6 Å². The van der Waals surface area contributed by atoms with Crippen molar-refractivity contribution in [3.05, 3.63) is 21.2 Å². The lowest BCUT2D eigenvalue weighted by molar-refractivity contribution is -0.386. The van der Waals surface area contributed by atoms with Gasteiger partial charge >= 0.3 is 5.69 Å². The minimum absolute atomic E-state index is 0.0406. The Morgan fingerprint density at radius 3 is 2.53 bits per heavy atom. The van der Waals surface area contributed by atoms with Crippen molar-refractivity contribution in [1.82, 2.24) is 9.88 Å². The normalized spacial score (nSPS) is 10.6. The number of halogens is 1. The maximum atomic E-state index is 10.8. The highest BCUT2D eigenvalue weighted by Crippen LogP contribution is 2.33. The predicted octanol–water partition coefficient (Wildman–Crippen LogP) is 1.65. The maximum Gasteiger partial charge on any atom is 0.332 e. The average molecular weight is 289 g/mol. The summed E-state index contributed by atoms with van der Waals surface area (Å²) >= 11 is 6.03. The molecule has 0 radical (unpaired) electrons. The third-order valence-corrected chi connectivity index (χ3v) is 2.82. The number of nitrogens with zero attached hydrogens (tertiary/aromatic N) is 4. The summed E-state index contributed by atoms with van der Waals surface area (Å²) < 4.78 is 4.93. The number of aromatic nitrogens is 1. The lowest BCUT2D eigenvalue weighted by Crippen LogP contribution is -2.29. The second-order valence-corrected chi connectivity index (χ2v) is 4.71. The van der Waals surface area contributed by atoms with Gasteiger partial charge in [-0.15, -0.1) is 0 Å². The second-order valence-electron chi connectivity index (χ2n) is 4.30. The van der Waals surface area contributed by atoms with Crippen molar-refractivity contribution in [2.24, 2.45) is 0 Å². The van der Waals surface area contributed by atoms with E-state index in [9.17, 15) is 10.1 Å². The molecule has 0 saturated carbocycles. The molecule has 1 rings (SSSR count). The molecule has 0 aromatic carbocycles. The van der Waals surface area contributed by atoms with Crippen molar-refractivity contribution < 1.29 is 9.66 Å². The largest absolute Gasteiger partial charge is 0.476 e. The molecule has 0 atom stereocenters. The van der Waals surface area contributed by atoms with E-state index in [0.29, 0.717) is 12.4 Å². The van der Waals surface area contributed by atoms with E-state index in [1.807, 2.05) is 30.9 Å². The molecule has 0 fully saturated rings. The van der Waals surface area contributed by atoms with Gasteiger partial charge in [0.1, 0.15) is 0 Å². The Hall–Kier alpha value is -1.60. The molecule has 1 heterocycles. The van der Waals surface area contributed by atoms with Crippen LogP contribution < -0.4 is 9.64 Å². The van der Waals surface area contributed by atoms with Gasteiger partial charge in [0.05, 0.1) is 17.1 Å². The molecule has 1 aromatic heterocycles. The van der Waals surface area contributed by atoms with Crippen LogP contribution in [-0.4, -0.2) is 56.1 Å². The summed E-state index contributed by atoms with van der Waals surface area (Å²) in [6, 6.07) is 1.26. The third kappa shape index (κ3) is 3.93. The zero-order valence-corrected chi connectivity index (χ0v) is 12.1. The molecule has 0 bridgehead atoms. The molecule has 1 aromatic rings. The third-order valence-electron chi connectivity index (χ3n) is 2.54. The summed E-state index contributed by atoms with van der Waals surface area (Å²) in [5.41, 5.74) is -0.239. The predicted molar refractivity (Wildman–Crippen MR) is 74.3 cm³/mol. The molecule has 0 saturated heterocycles. The van der Waals surface area contributed by atoms with E-state index in [4.69, 9.17) is 16.3 Å². The Morgan fingerprint density at radius 2 is 2.05 bits per heavy atom. The van der Waals surface area contributed by atoms with Gasteiger partial charge in [-0.2, -0.15) is 4.98 Å². The summed E-state index contributed by atoms with van der Waals surface area (Å²) in [7, 11) is 7.08. The number of pyridine rings is 1. The highest BCUT2D eigenvalue weighted by Gasteiger charge is 2.21. The first-order valence-electron chi connectivity index (χ1n) is 5.61. The number of ether oxygens (including phenoxy) is 1. The molecule has 8 heteroatoms. The van der Waals surface area contributed by atoms with Crippen LogP contribution in [0.1, 0.15) is 0 Å². The summed E-state index contributed by atoms with van der Waals surface area (Å²) in [4.78, 5) is 18.2. The molecule has 0 aliphatic carbocycles. The van der Waals surface area contributed by atoms with Crippen LogP contribution in [0.2, 0.25) is 5.02 Å². The fourth-order valence-electron chi connectivity index (χ4n) is 1.46. The van der Waals surface area contributed by atoms with Crippen molar-refractivity contribution in [3.63, 3.8) is 0 Å². The van der Waals surface area contributed by atoms with Gasteiger partial charge < -0.3 is 14.5 Å². The van der Waals surface area contributed by atoms with Crippen molar-refractivity contribution in [1.29, 1.82) is 0 Å². The van der Waals surface area contributed by atoms with E-state index in [1.54, 1.807) is 0 Å². The molecule has 7 nitrogen and oxygen atoms in total. The second kappa shape index (κ2) is 6.53. The average Bonchev–Trinajstić information content (AvgIpc) is 2.35. The zero-order valence-electron chi connectivity index (χ0n) is 11.4. The van der Waals surface area contributed by atoms with Gasteiger partial charge in [-0.1, -0.05) is 11.6 Å². The number of rotatable bonds is 6. The van der Waals surface area contributed by atoms with Crippen LogP contribution in [0.3, 0.4) is 0 Å². The SMILES string of the molecule is COc1nc(N(C)CCN(C)C)c(Cl)cc1[N+](=O)[O-].